The lowest BCUT2D eigenvalue weighted by Gasteiger charge is -2.15. The van der Waals surface area contributed by atoms with Crippen LogP contribution in [0.15, 0.2) is 34.3 Å². The van der Waals surface area contributed by atoms with Crippen molar-refractivity contribution in [2.75, 3.05) is 0 Å². The van der Waals surface area contributed by atoms with Gasteiger partial charge in [-0.25, -0.2) is 0 Å². The highest BCUT2D eigenvalue weighted by Crippen LogP contribution is 2.09. The van der Waals surface area contributed by atoms with Crippen LogP contribution >= 0.6 is 12.2 Å². The lowest BCUT2D eigenvalue weighted by molar-refractivity contribution is -0.123. The van der Waals surface area contributed by atoms with Crippen LogP contribution in [0.3, 0.4) is 0 Å². The van der Waals surface area contributed by atoms with Crippen molar-refractivity contribution in [3.8, 4) is 0 Å². The molecule has 5 nitrogen and oxygen atoms in total. The Morgan fingerprint density at radius 2 is 1.89 bits per heavy atom. The molecule has 0 radical (unpaired) electrons. The zero-order valence-corrected chi connectivity index (χ0v) is 10.3. The maximum Gasteiger partial charge on any atom is 0.263 e. The first-order valence-electron chi connectivity index (χ1n) is 5.18. The minimum absolute atomic E-state index is 0.00290. The third-order valence-corrected chi connectivity index (χ3v) is 2.43. The molecular formula is C12H10N2O3S. The molecule has 0 bridgehead atoms. The van der Waals surface area contributed by atoms with E-state index in [4.69, 9.17) is 4.42 Å². The van der Waals surface area contributed by atoms with E-state index in [0.29, 0.717) is 5.76 Å². The maximum atomic E-state index is 11.5. The van der Waals surface area contributed by atoms with Gasteiger partial charge in [0.15, 0.2) is 5.11 Å². The first kappa shape index (κ1) is 12.3. The Bertz CT molecular complexity index is 562. The summed E-state index contributed by atoms with van der Waals surface area (Å²) < 4.78 is 5.31. The lowest BCUT2D eigenvalue weighted by Crippen LogP contribution is -2.51. The van der Waals surface area contributed by atoms with Crippen molar-refractivity contribution >= 4 is 35.2 Å². The Balaban J connectivity index is 2.13. The van der Waals surface area contributed by atoms with E-state index in [1.807, 2.05) is 13.0 Å². The average molecular weight is 262 g/mol. The van der Waals surface area contributed by atoms with Gasteiger partial charge in [0.25, 0.3) is 11.8 Å². The summed E-state index contributed by atoms with van der Waals surface area (Å²) in [4.78, 5) is 23.0. The molecular weight excluding hydrogens is 252 g/mol. The Kier molecular flexibility index (Phi) is 3.38. The second-order valence-electron chi connectivity index (χ2n) is 3.63. The fraction of sp³-hybridized carbons (Fsp3) is 0.0833. The molecule has 1 aliphatic heterocycles. The molecule has 0 atom stereocenters. The number of allylic oxidation sites excluding steroid dienone is 2. The highest BCUT2D eigenvalue weighted by molar-refractivity contribution is 7.80. The molecule has 1 aromatic heterocycles. The first-order valence-corrected chi connectivity index (χ1v) is 5.58. The number of carbonyl (C=O) groups is 2. The lowest BCUT2D eigenvalue weighted by atomic mass is 10.2. The van der Waals surface area contributed by atoms with Gasteiger partial charge >= 0.3 is 0 Å². The molecule has 2 amide bonds. The Morgan fingerprint density at radius 3 is 2.44 bits per heavy atom. The Hall–Kier alpha value is -2.21. The highest BCUT2D eigenvalue weighted by atomic mass is 32.1. The number of rotatable bonds is 2. The van der Waals surface area contributed by atoms with Crippen molar-refractivity contribution in [2.45, 2.75) is 6.92 Å². The predicted molar refractivity (Wildman–Crippen MR) is 69.4 cm³/mol. The summed E-state index contributed by atoms with van der Waals surface area (Å²) in [6.07, 6.45) is 4.64. The van der Waals surface area contributed by atoms with Crippen molar-refractivity contribution in [3.63, 3.8) is 0 Å². The molecule has 2 heterocycles. The van der Waals surface area contributed by atoms with Gasteiger partial charge in [-0.3, -0.25) is 20.2 Å². The van der Waals surface area contributed by atoms with E-state index in [-0.39, 0.29) is 10.7 Å². The molecule has 1 saturated heterocycles. The summed E-state index contributed by atoms with van der Waals surface area (Å²) in [5, 5.41) is 4.72. The quantitative estimate of drug-likeness (QED) is 0.475. The minimum Gasteiger partial charge on any atom is -0.462 e. The van der Waals surface area contributed by atoms with Gasteiger partial charge in [-0.15, -0.1) is 0 Å². The molecule has 6 heteroatoms. The summed E-state index contributed by atoms with van der Waals surface area (Å²) in [6, 6.07) is 3.62. The number of furan rings is 1. The van der Waals surface area contributed by atoms with Crippen molar-refractivity contribution < 1.29 is 14.0 Å². The molecule has 1 fully saturated rings. The van der Waals surface area contributed by atoms with Crippen molar-refractivity contribution in [1.82, 2.24) is 10.6 Å². The van der Waals surface area contributed by atoms with Crippen LogP contribution < -0.4 is 10.6 Å². The van der Waals surface area contributed by atoms with Gasteiger partial charge in [-0.1, -0.05) is 6.08 Å². The van der Waals surface area contributed by atoms with Gasteiger partial charge in [0.05, 0.1) is 0 Å². The topological polar surface area (TPSA) is 71.3 Å². The average Bonchev–Trinajstić information content (AvgIpc) is 2.68. The normalized spacial score (nSPS) is 15.8. The van der Waals surface area contributed by atoms with E-state index >= 15 is 0 Å². The van der Waals surface area contributed by atoms with Crippen LogP contribution in [0.1, 0.15) is 11.5 Å². The fourth-order valence-corrected chi connectivity index (χ4v) is 1.59. The molecule has 0 aromatic carbocycles. The second-order valence-corrected chi connectivity index (χ2v) is 4.03. The molecule has 0 spiro atoms. The molecule has 0 aliphatic carbocycles. The zero-order valence-electron chi connectivity index (χ0n) is 9.52. The fourth-order valence-electron chi connectivity index (χ4n) is 1.41. The van der Waals surface area contributed by atoms with Crippen molar-refractivity contribution in [3.05, 3.63) is 41.4 Å². The number of nitrogens with one attached hydrogen (secondary N) is 2. The molecule has 2 rings (SSSR count). The van der Waals surface area contributed by atoms with Crippen LogP contribution in [0.5, 0.6) is 0 Å². The van der Waals surface area contributed by atoms with Gasteiger partial charge in [0, 0.05) is 0 Å². The standard InChI is InChI=1S/C12H10N2O3S/c1-7-5-6-8(17-7)3-2-4-9-10(15)13-12(18)14-11(9)16/h2-6H,1H3,(H2,13,14,15,16,18). The van der Waals surface area contributed by atoms with Crippen molar-refractivity contribution in [1.29, 1.82) is 0 Å². The zero-order chi connectivity index (χ0) is 13.1. The highest BCUT2D eigenvalue weighted by Gasteiger charge is 2.24. The summed E-state index contributed by atoms with van der Waals surface area (Å²) in [5.74, 6) is 0.422. The van der Waals surface area contributed by atoms with Gasteiger partial charge in [-0.2, -0.15) is 0 Å². The maximum absolute atomic E-state index is 11.5. The molecule has 92 valence electrons. The number of hydrogen-bond acceptors (Lipinski definition) is 4. The van der Waals surface area contributed by atoms with E-state index < -0.39 is 11.8 Å². The number of aryl methyl sites for hydroxylation is 1. The summed E-state index contributed by atoms with van der Waals surface area (Å²) in [5.41, 5.74) is 0.00290. The van der Waals surface area contributed by atoms with Crippen LogP contribution in [0, 0.1) is 6.92 Å². The van der Waals surface area contributed by atoms with Crippen LogP contribution in [0.4, 0.5) is 0 Å². The SMILES string of the molecule is Cc1ccc(C=CC=C2C(=O)NC(=S)NC2=O)o1. The minimum atomic E-state index is -0.510. The third-order valence-electron chi connectivity index (χ3n) is 2.23. The first-order chi connectivity index (χ1) is 8.56. The van der Waals surface area contributed by atoms with E-state index in [9.17, 15) is 9.59 Å². The number of carbonyl (C=O) groups excluding carboxylic acids is 2. The van der Waals surface area contributed by atoms with E-state index in [0.717, 1.165) is 5.76 Å². The largest absolute Gasteiger partial charge is 0.462 e. The summed E-state index contributed by atoms with van der Waals surface area (Å²) in [7, 11) is 0. The smallest absolute Gasteiger partial charge is 0.263 e. The third kappa shape index (κ3) is 2.72. The monoisotopic (exact) mass is 262 g/mol. The number of thiocarbonyl (C=S) groups is 1. The molecule has 1 aliphatic rings. The number of hydrogen-bond donors (Lipinski definition) is 2. The Labute approximate surface area is 109 Å². The molecule has 18 heavy (non-hydrogen) atoms. The molecule has 0 unspecified atom stereocenters. The Morgan fingerprint density at radius 1 is 1.22 bits per heavy atom. The number of amides is 2. The van der Waals surface area contributed by atoms with Gasteiger partial charge in [0.2, 0.25) is 0 Å². The van der Waals surface area contributed by atoms with Crippen LogP contribution in [-0.4, -0.2) is 16.9 Å². The van der Waals surface area contributed by atoms with Crippen LogP contribution in [-0.2, 0) is 9.59 Å². The van der Waals surface area contributed by atoms with Crippen LogP contribution in [0.2, 0.25) is 0 Å². The van der Waals surface area contributed by atoms with Crippen LogP contribution in [0.25, 0.3) is 6.08 Å². The molecule has 1 aromatic rings. The predicted octanol–water partition coefficient (Wildman–Crippen LogP) is 1.06. The van der Waals surface area contributed by atoms with E-state index in [1.165, 1.54) is 6.08 Å². The second kappa shape index (κ2) is 4.97. The summed E-state index contributed by atoms with van der Waals surface area (Å²) in [6.45, 7) is 1.83. The molecule has 2 N–H and O–H groups in total. The van der Waals surface area contributed by atoms with Gasteiger partial charge < -0.3 is 4.42 Å². The molecule has 0 saturated carbocycles. The van der Waals surface area contributed by atoms with Gasteiger partial charge in [-0.05, 0) is 43.4 Å². The van der Waals surface area contributed by atoms with E-state index in [1.54, 1.807) is 18.2 Å². The van der Waals surface area contributed by atoms with Crippen molar-refractivity contribution in [2.24, 2.45) is 0 Å². The van der Waals surface area contributed by atoms with E-state index in [2.05, 4.69) is 22.9 Å². The summed E-state index contributed by atoms with van der Waals surface area (Å²) >= 11 is 4.68. The van der Waals surface area contributed by atoms with Gasteiger partial charge in [0.1, 0.15) is 17.1 Å².